The van der Waals surface area contributed by atoms with Gasteiger partial charge >= 0.3 is 0 Å². The van der Waals surface area contributed by atoms with E-state index in [0.29, 0.717) is 12.5 Å². The highest BCUT2D eigenvalue weighted by Gasteiger charge is 2.60. The van der Waals surface area contributed by atoms with E-state index in [4.69, 9.17) is 0 Å². The SMILES string of the molecule is OC[C@H]1CC2(CC2)[C@H]2CCC[C@@H]12. The van der Waals surface area contributed by atoms with Gasteiger partial charge in [0.1, 0.15) is 0 Å². The molecule has 1 heteroatoms. The second-order valence-corrected chi connectivity index (χ2v) is 5.21. The third-order valence-electron chi connectivity index (χ3n) is 4.76. The summed E-state index contributed by atoms with van der Waals surface area (Å²) in [5.41, 5.74) is 0.758. The lowest BCUT2D eigenvalue weighted by molar-refractivity contribution is 0.188. The molecule has 3 fully saturated rings. The summed E-state index contributed by atoms with van der Waals surface area (Å²) in [5.74, 6) is 2.62. The normalized spacial score (nSPS) is 48.2. The Hall–Kier alpha value is -0.0400. The molecule has 0 aromatic carbocycles. The molecular formula is C11H18O. The number of aliphatic hydroxyl groups excluding tert-OH is 1. The van der Waals surface area contributed by atoms with Crippen molar-refractivity contribution in [3.8, 4) is 0 Å². The molecule has 3 aliphatic carbocycles. The maximum Gasteiger partial charge on any atom is 0.0462 e. The highest BCUT2D eigenvalue weighted by molar-refractivity contribution is 5.09. The molecule has 0 bridgehead atoms. The van der Waals surface area contributed by atoms with Gasteiger partial charge in [0.15, 0.2) is 0 Å². The second-order valence-electron chi connectivity index (χ2n) is 5.21. The van der Waals surface area contributed by atoms with E-state index in [1.54, 1.807) is 0 Å². The van der Waals surface area contributed by atoms with Crippen molar-refractivity contribution in [3.63, 3.8) is 0 Å². The molecule has 0 heterocycles. The molecule has 0 unspecified atom stereocenters. The number of aliphatic hydroxyl groups is 1. The van der Waals surface area contributed by atoms with Gasteiger partial charge in [0.2, 0.25) is 0 Å². The van der Waals surface area contributed by atoms with E-state index < -0.39 is 0 Å². The lowest BCUT2D eigenvalue weighted by Crippen LogP contribution is -2.13. The first-order chi connectivity index (χ1) is 5.86. The standard InChI is InChI=1S/C11H18O/c12-7-8-6-11(4-5-11)10-3-1-2-9(8)10/h8-10,12H,1-7H2/t8-,9+,10+/m1/s1. The zero-order valence-corrected chi connectivity index (χ0v) is 7.63. The van der Waals surface area contributed by atoms with Crippen LogP contribution >= 0.6 is 0 Å². The maximum atomic E-state index is 9.27. The van der Waals surface area contributed by atoms with Crippen LogP contribution in [-0.2, 0) is 0 Å². The van der Waals surface area contributed by atoms with E-state index in [1.807, 2.05) is 0 Å². The van der Waals surface area contributed by atoms with Crippen LogP contribution in [0, 0.1) is 23.2 Å². The van der Waals surface area contributed by atoms with Crippen LogP contribution in [0.3, 0.4) is 0 Å². The zero-order valence-electron chi connectivity index (χ0n) is 7.63. The van der Waals surface area contributed by atoms with Gasteiger partial charge in [-0.05, 0) is 55.3 Å². The van der Waals surface area contributed by atoms with Crippen molar-refractivity contribution in [3.05, 3.63) is 0 Å². The molecule has 0 radical (unpaired) electrons. The Morgan fingerprint density at radius 1 is 1.25 bits per heavy atom. The highest BCUT2D eigenvalue weighted by Crippen LogP contribution is 2.68. The van der Waals surface area contributed by atoms with Crippen LogP contribution in [0.25, 0.3) is 0 Å². The third kappa shape index (κ3) is 0.783. The van der Waals surface area contributed by atoms with Crippen LogP contribution in [0.15, 0.2) is 0 Å². The van der Waals surface area contributed by atoms with Gasteiger partial charge in [-0.15, -0.1) is 0 Å². The Balaban J connectivity index is 1.86. The Kier molecular flexibility index (Phi) is 1.39. The molecule has 0 aliphatic heterocycles. The number of hydrogen-bond donors (Lipinski definition) is 1. The second kappa shape index (κ2) is 2.25. The molecule has 0 aromatic heterocycles. The van der Waals surface area contributed by atoms with E-state index in [9.17, 15) is 5.11 Å². The fourth-order valence-electron chi connectivity index (χ4n) is 4.07. The van der Waals surface area contributed by atoms with Crippen molar-refractivity contribution in [2.45, 2.75) is 38.5 Å². The summed E-state index contributed by atoms with van der Waals surface area (Å²) in [6, 6.07) is 0. The fraction of sp³-hybridized carbons (Fsp3) is 1.00. The van der Waals surface area contributed by atoms with Crippen LogP contribution in [-0.4, -0.2) is 11.7 Å². The number of hydrogen-bond acceptors (Lipinski definition) is 1. The van der Waals surface area contributed by atoms with Crippen LogP contribution < -0.4 is 0 Å². The minimum absolute atomic E-state index is 0.461. The molecule has 3 aliphatic rings. The third-order valence-corrected chi connectivity index (χ3v) is 4.76. The molecule has 3 rings (SSSR count). The van der Waals surface area contributed by atoms with Gasteiger partial charge in [0.05, 0.1) is 0 Å². The lowest BCUT2D eigenvalue weighted by atomic mass is 9.89. The van der Waals surface area contributed by atoms with Crippen LogP contribution in [0.1, 0.15) is 38.5 Å². The van der Waals surface area contributed by atoms with Crippen LogP contribution in [0.4, 0.5) is 0 Å². The van der Waals surface area contributed by atoms with Gasteiger partial charge in [-0.1, -0.05) is 6.42 Å². The molecule has 0 amide bonds. The van der Waals surface area contributed by atoms with E-state index in [1.165, 1.54) is 38.5 Å². The predicted octanol–water partition coefficient (Wildman–Crippen LogP) is 2.20. The molecule has 0 aromatic rings. The van der Waals surface area contributed by atoms with Crippen molar-refractivity contribution >= 4 is 0 Å². The molecule has 3 atom stereocenters. The summed E-state index contributed by atoms with van der Waals surface area (Å²) in [4.78, 5) is 0. The van der Waals surface area contributed by atoms with Crippen molar-refractivity contribution in [1.82, 2.24) is 0 Å². The van der Waals surface area contributed by atoms with E-state index in [-0.39, 0.29) is 0 Å². The first-order valence-corrected chi connectivity index (χ1v) is 5.47. The average molecular weight is 166 g/mol. The topological polar surface area (TPSA) is 20.2 Å². The van der Waals surface area contributed by atoms with Gasteiger partial charge in [0, 0.05) is 6.61 Å². The highest BCUT2D eigenvalue weighted by atomic mass is 16.3. The van der Waals surface area contributed by atoms with Crippen molar-refractivity contribution in [1.29, 1.82) is 0 Å². The smallest absolute Gasteiger partial charge is 0.0462 e. The minimum Gasteiger partial charge on any atom is -0.396 e. The lowest BCUT2D eigenvalue weighted by Gasteiger charge is -2.16. The van der Waals surface area contributed by atoms with Gasteiger partial charge in [-0.25, -0.2) is 0 Å². The number of rotatable bonds is 1. The molecule has 1 spiro atoms. The zero-order chi connectivity index (χ0) is 8.18. The van der Waals surface area contributed by atoms with Crippen LogP contribution in [0.2, 0.25) is 0 Å². The molecule has 1 N–H and O–H groups in total. The first kappa shape index (κ1) is 7.37. The monoisotopic (exact) mass is 166 g/mol. The van der Waals surface area contributed by atoms with Gasteiger partial charge in [-0.2, -0.15) is 0 Å². The summed E-state index contributed by atoms with van der Waals surface area (Å²) in [6.07, 6.45) is 8.64. The minimum atomic E-state index is 0.461. The van der Waals surface area contributed by atoms with Gasteiger partial charge in [-0.3, -0.25) is 0 Å². The molecule has 68 valence electrons. The van der Waals surface area contributed by atoms with E-state index in [2.05, 4.69) is 0 Å². The maximum absolute atomic E-state index is 9.27. The molecule has 12 heavy (non-hydrogen) atoms. The van der Waals surface area contributed by atoms with E-state index in [0.717, 1.165) is 17.3 Å². The summed E-state index contributed by atoms with van der Waals surface area (Å²) in [6.45, 7) is 0.461. The van der Waals surface area contributed by atoms with Crippen molar-refractivity contribution in [2.75, 3.05) is 6.61 Å². The Bertz CT molecular complexity index is 195. The largest absolute Gasteiger partial charge is 0.396 e. The summed E-state index contributed by atoms with van der Waals surface area (Å²) < 4.78 is 0. The average Bonchev–Trinajstić information content (AvgIpc) is 2.60. The molecule has 0 saturated heterocycles. The van der Waals surface area contributed by atoms with Crippen LogP contribution in [0.5, 0.6) is 0 Å². The Morgan fingerprint density at radius 3 is 2.75 bits per heavy atom. The molecule has 1 nitrogen and oxygen atoms in total. The predicted molar refractivity (Wildman–Crippen MR) is 47.7 cm³/mol. The van der Waals surface area contributed by atoms with Crippen molar-refractivity contribution < 1.29 is 5.11 Å². The summed E-state index contributed by atoms with van der Waals surface area (Å²) >= 11 is 0. The summed E-state index contributed by atoms with van der Waals surface area (Å²) in [5, 5.41) is 9.27. The quantitative estimate of drug-likeness (QED) is 0.633. The van der Waals surface area contributed by atoms with Gasteiger partial charge in [0.25, 0.3) is 0 Å². The molecular weight excluding hydrogens is 148 g/mol. The fourth-order valence-corrected chi connectivity index (χ4v) is 4.07. The Labute approximate surface area is 74.2 Å². The van der Waals surface area contributed by atoms with Gasteiger partial charge < -0.3 is 5.11 Å². The Morgan fingerprint density at radius 2 is 2.08 bits per heavy atom. The summed E-state index contributed by atoms with van der Waals surface area (Å²) in [7, 11) is 0. The molecule has 3 saturated carbocycles. The first-order valence-electron chi connectivity index (χ1n) is 5.47. The van der Waals surface area contributed by atoms with E-state index >= 15 is 0 Å². The number of fused-ring (bicyclic) bond motifs is 2. The van der Waals surface area contributed by atoms with Crippen molar-refractivity contribution in [2.24, 2.45) is 23.2 Å².